The van der Waals surface area contributed by atoms with Gasteiger partial charge in [0, 0.05) is 63.2 Å². The maximum Gasteiger partial charge on any atom is 0.224 e. The van der Waals surface area contributed by atoms with Crippen LogP contribution in [0.4, 0.5) is 5.69 Å². The van der Waals surface area contributed by atoms with Gasteiger partial charge in [-0.3, -0.25) is 9.59 Å². The van der Waals surface area contributed by atoms with Crippen molar-refractivity contribution in [2.75, 3.05) is 37.6 Å². The first-order chi connectivity index (χ1) is 15.7. The van der Waals surface area contributed by atoms with E-state index in [-0.39, 0.29) is 11.8 Å². The molecule has 1 fully saturated rings. The van der Waals surface area contributed by atoms with Crippen LogP contribution >= 0.6 is 0 Å². The molecular formula is C26H29N3O3. The summed E-state index contributed by atoms with van der Waals surface area (Å²) < 4.78 is 5.84. The third-order valence-electron chi connectivity index (χ3n) is 5.73. The van der Waals surface area contributed by atoms with Crippen molar-refractivity contribution in [1.29, 1.82) is 0 Å². The number of nitrogens with one attached hydrogen (secondary N) is 1. The van der Waals surface area contributed by atoms with Gasteiger partial charge in [0.1, 0.15) is 11.5 Å². The third kappa shape index (κ3) is 5.78. The van der Waals surface area contributed by atoms with Crippen molar-refractivity contribution < 1.29 is 14.0 Å². The monoisotopic (exact) mass is 431 g/mol. The molecule has 0 atom stereocenters. The molecule has 0 radical (unpaired) electrons. The summed E-state index contributed by atoms with van der Waals surface area (Å²) in [5.41, 5.74) is 2.21. The number of furan rings is 1. The van der Waals surface area contributed by atoms with Gasteiger partial charge in [-0.25, -0.2) is 0 Å². The van der Waals surface area contributed by atoms with Crippen LogP contribution in [-0.4, -0.2) is 49.4 Å². The second-order valence-corrected chi connectivity index (χ2v) is 7.94. The van der Waals surface area contributed by atoms with Crippen LogP contribution in [-0.2, 0) is 16.0 Å². The summed E-state index contributed by atoms with van der Waals surface area (Å²) in [6.45, 7) is 3.45. The molecule has 166 valence electrons. The van der Waals surface area contributed by atoms with Gasteiger partial charge in [-0.1, -0.05) is 48.5 Å². The summed E-state index contributed by atoms with van der Waals surface area (Å²) in [5.74, 6) is 1.62. The number of carbonyl (C=O) groups excluding carboxylic acids is 2. The van der Waals surface area contributed by atoms with Gasteiger partial charge in [0.25, 0.3) is 0 Å². The Morgan fingerprint density at radius 2 is 1.50 bits per heavy atom. The number of anilines is 1. The summed E-state index contributed by atoms with van der Waals surface area (Å²) >= 11 is 0. The smallest absolute Gasteiger partial charge is 0.224 e. The Morgan fingerprint density at radius 1 is 0.812 bits per heavy atom. The SMILES string of the molecule is O=C(CCc1ccc(-c2ccccc2)o1)NCCC(=O)N1CCN(c2ccccc2)CC1. The van der Waals surface area contributed by atoms with E-state index in [9.17, 15) is 9.59 Å². The number of piperazine rings is 1. The summed E-state index contributed by atoms with van der Waals surface area (Å²) in [6.07, 6.45) is 1.20. The van der Waals surface area contributed by atoms with Gasteiger partial charge in [0.15, 0.2) is 0 Å². The van der Waals surface area contributed by atoms with Crippen molar-refractivity contribution in [3.05, 3.63) is 78.6 Å². The van der Waals surface area contributed by atoms with Gasteiger partial charge in [0.05, 0.1) is 0 Å². The van der Waals surface area contributed by atoms with E-state index in [2.05, 4.69) is 22.3 Å². The number of aryl methyl sites for hydroxylation is 1. The predicted molar refractivity (Wildman–Crippen MR) is 125 cm³/mol. The van der Waals surface area contributed by atoms with Gasteiger partial charge in [-0.2, -0.15) is 0 Å². The molecule has 1 aliphatic rings. The van der Waals surface area contributed by atoms with E-state index in [1.807, 2.05) is 65.6 Å². The molecule has 2 heterocycles. The van der Waals surface area contributed by atoms with E-state index in [4.69, 9.17) is 4.42 Å². The first kappa shape index (κ1) is 21.7. The van der Waals surface area contributed by atoms with Crippen molar-refractivity contribution in [3.63, 3.8) is 0 Å². The molecule has 6 heteroatoms. The average Bonchev–Trinajstić information content (AvgIpc) is 3.33. The Balaban J connectivity index is 1.13. The third-order valence-corrected chi connectivity index (χ3v) is 5.73. The summed E-state index contributed by atoms with van der Waals surface area (Å²) in [7, 11) is 0. The lowest BCUT2D eigenvalue weighted by molar-refractivity contribution is -0.131. The fourth-order valence-electron chi connectivity index (χ4n) is 3.91. The van der Waals surface area contributed by atoms with E-state index >= 15 is 0 Å². The molecule has 1 aliphatic heterocycles. The Labute approximate surface area is 188 Å². The quantitative estimate of drug-likeness (QED) is 0.590. The summed E-state index contributed by atoms with van der Waals surface area (Å²) in [5, 5.41) is 2.86. The molecule has 0 saturated carbocycles. The Kier molecular flexibility index (Phi) is 7.23. The zero-order valence-corrected chi connectivity index (χ0v) is 18.2. The number of carbonyl (C=O) groups is 2. The largest absolute Gasteiger partial charge is 0.461 e. The molecule has 1 aromatic heterocycles. The maximum atomic E-state index is 12.5. The van der Waals surface area contributed by atoms with Crippen molar-refractivity contribution in [3.8, 4) is 11.3 Å². The molecule has 1 saturated heterocycles. The van der Waals surface area contributed by atoms with Crippen molar-refractivity contribution in [1.82, 2.24) is 10.2 Å². The number of benzene rings is 2. The van der Waals surface area contributed by atoms with Gasteiger partial charge >= 0.3 is 0 Å². The first-order valence-corrected chi connectivity index (χ1v) is 11.2. The molecule has 0 aliphatic carbocycles. The highest BCUT2D eigenvalue weighted by molar-refractivity contribution is 5.79. The average molecular weight is 432 g/mol. The van der Waals surface area contributed by atoms with E-state index in [0.29, 0.717) is 38.9 Å². The number of hydrogen-bond donors (Lipinski definition) is 1. The number of nitrogens with zero attached hydrogens (tertiary/aromatic N) is 2. The van der Waals surface area contributed by atoms with Crippen molar-refractivity contribution in [2.24, 2.45) is 0 Å². The van der Waals surface area contributed by atoms with Crippen LogP contribution in [0.2, 0.25) is 0 Å². The summed E-state index contributed by atoms with van der Waals surface area (Å²) in [4.78, 5) is 28.8. The van der Waals surface area contributed by atoms with E-state index in [1.165, 1.54) is 5.69 Å². The highest BCUT2D eigenvalue weighted by Gasteiger charge is 2.21. The Morgan fingerprint density at radius 3 is 2.22 bits per heavy atom. The minimum atomic E-state index is -0.0654. The summed E-state index contributed by atoms with van der Waals surface area (Å²) in [6, 6.07) is 24.0. The highest BCUT2D eigenvalue weighted by atomic mass is 16.3. The number of hydrogen-bond acceptors (Lipinski definition) is 4. The molecule has 0 bridgehead atoms. The van der Waals surface area contributed by atoms with E-state index < -0.39 is 0 Å². The minimum Gasteiger partial charge on any atom is -0.461 e. The lowest BCUT2D eigenvalue weighted by Gasteiger charge is -2.36. The molecule has 3 aromatic rings. The molecule has 4 rings (SSSR count). The van der Waals surface area contributed by atoms with Crippen LogP contribution in [0.15, 0.2) is 77.2 Å². The topological polar surface area (TPSA) is 65.8 Å². The molecule has 6 nitrogen and oxygen atoms in total. The Bertz CT molecular complexity index is 1010. The van der Waals surface area contributed by atoms with Crippen molar-refractivity contribution >= 4 is 17.5 Å². The fourth-order valence-corrected chi connectivity index (χ4v) is 3.91. The first-order valence-electron chi connectivity index (χ1n) is 11.2. The van der Waals surface area contributed by atoms with Gasteiger partial charge < -0.3 is 19.5 Å². The van der Waals surface area contributed by atoms with Crippen LogP contribution < -0.4 is 10.2 Å². The van der Waals surface area contributed by atoms with Crippen LogP contribution in [0.3, 0.4) is 0 Å². The van der Waals surface area contributed by atoms with Crippen LogP contribution in [0.5, 0.6) is 0 Å². The molecule has 0 unspecified atom stereocenters. The van der Waals surface area contributed by atoms with Gasteiger partial charge in [-0.15, -0.1) is 0 Å². The number of para-hydroxylation sites is 1. The molecule has 0 spiro atoms. The number of rotatable bonds is 8. The van der Waals surface area contributed by atoms with Gasteiger partial charge in [0.2, 0.25) is 11.8 Å². The normalized spacial score (nSPS) is 13.8. The molecule has 1 N–H and O–H groups in total. The second-order valence-electron chi connectivity index (χ2n) is 7.94. The maximum absolute atomic E-state index is 12.5. The highest BCUT2D eigenvalue weighted by Crippen LogP contribution is 2.22. The van der Waals surface area contributed by atoms with Crippen LogP contribution in [0, 0.1) is 0 Å². The lowest BCUT2D eigenvalue weighted by Crippen LogP contribution is -2.49. The Hall–Kier alpha value is -3.54. The van der Waals surface area contributed by atoms with E-state index in [0.717, 1.165) is 30.2 Å². The standard InChI is InChI=1S/C26H29N3O3/c30-25(14-12-23-11-13-24(32-23)21-7-3-1-4-8-21)27-16-15-26(31)29-19-17-28(18-20-29)22-9-5-2-6-10-22/h1-11,13H,12,14-20H2,(H,27,30). The molecule has 2 amide bonds. The molecule has 32 heavy (non-hydrogen) atoms. The van der Waals surface area contributed by atoms with Crippen molar-refractivity contribution in [2.45, 2.75) is 19.3 Å². The zero-order valence-electron chi connectivity index (χ0n) is 18.2. The van der Waals surface area contributed by atoms with Crippen LogP contribution in [0.25, 0.3) is 11.3 Å². The lowest BCUT2D eigenvalue weighted by atomic mass is 10.2. The predicted octanol–water partition coefficient (Wildman–Crippen LogP) is 3.73. The molecule has 2 aromatic carbocycles. The zero-order chi connectivity index (χ0) is 22.2. The second kappa shape index (κ2) is 10.7. The van der Waals surface area contributed by atoms with Gasteiger partial charge in [-0.05, 0) is 24.3 Å². The van der Waals surface area contributed by atoms with E-state index in [1.54, 1.807) is 0 Å². The fraction of sp³-hybridized carbons (Fsp3) is 0.308. The number of amides is 2. The molecular weight excluding hydrogens is 402 g/mol. The minimum absolute atomic E-state index is 0.0654. The van der Waals surface area contributed by atoms with Crippen LogP contribution in [0.1, 0.15) is 18.6 Å².